The van der Waals surface area contributed by atoms with E-state index in [0.717, 1.165) is 12.2 Å². The number of fused-ring (bicyclic) bond motifs is 1. The lowest BCUT2D eigenvalue weighted by Gasteiger charge is -2.03. The van der Waals surface area contributed by atoms with Crippen molar-refractivity contribution in [3.05, 3.63) is 46.5 Å². The minimum Gasteiger partial charge on any atom is -0.311 e. The smallest absolute Gasteiger partial charge is 0.258 e. The number of hydrogen-bond acceptors (Lipinski definition) is 3. The molecular formula is C11H13N3O. The SMILES string of the molecule is CCNCc1cc(=O)n2ccccc2n1. The van der Waals surface area contributed by atoms with Crippen molar-refractivity contribution in [2.24, 2.45) is 0 Å². The summed E-state index contributed by atoms with van der Waals surface area (Å²) in [6.45, 7) is 3.53. The third-order valence-electron chi connectivity index (χ3n) is 2.18. The molecule has 0 radical (unpaired) electrons. The van der Waals surface area contributed by atoms with E-state index in [9.17, 15) is 4.79 Å². The van der Waals surface area contributed by atoms with Crippen molar-refractivity contribution >= 4 is 5.65 Å². The van der Waals surface area contributed by atoms with Gasteiger partial charge in [0, 0.05) is 18.8 Å². The van der Waals surface area contributed by atoms with Crippen molar-refractivity contribution in [3.63, 3.8) is 0 Å². The molecular weight excluding hydrogens is 190 g/mol. The Morgan fingerprint density at radius 1 is 1.47 bits per heavy atom. The molecule has 2 aromatic rings. The van der Waals surface area contributed by atoms with Crippen LogP contribution in [0.1, 0.15) is 12.6 Å². The van der Waals surface area contributed by atoms with Gasteiger partial charge in [-0.05, 0) is 18.7 Å². The highest BCUT2D eigenvalue weighted by Crippen LogP contribution is 1.97. The zero-order valence-corrected chi connectivity index (χ0v) is 8.60. The summed E-state index contributed by atoms with van der Waals surface area (Å²) in [7, 11) is 0. The Morgan fingerprint density at radius 2 is 2.33 bits per heavy atom. The molecule has 15 heavy (non-hydrogen) atoms. The fraction of sp³-hybridized carbons (Fsp3) is 0.273. The number of aromatic nitrogens is 2. The van der Waals surface area contributed by atoms with Gasteiger partial charge in [-0.3, -0.25) is 9.20 Å². The first-order chi connectivity index (χ1) is 7.31. The quantitative estimate of drug-likeness (QED) is 0.802. The molecule has 1 N–H and O–H groups in total. The predicted molar refractivity (Wildman–Crippen MR) is 58.8 cm³/mol. The normalized spacial score (nSPS) is 10.7. The number of rotatable bonds is 3. The molecule has 0 bridgehead atoms. The van der Waals surface area contributed by atoms with Gasteiger partial charge in [-0.25, -0.2) is 4.98 Å². The lowest BCUT2D eigenvalue weighted by atomic mass is 10.3. The van der Waals surface area contributed by atoms with Gasteiger partial charge in [0.2, 0.25) is 0 Å². The second kappa shape index (κ2) is 4.23. The van der Waals surface area contributed by atoms with E-state index in [0.29, 0.717) is 12.2 Å². The summed E-state index contributed by atoms with van der Waals surface area (Å²) in [5.41, 5.74) is 1.44. The molecule has 0 saturated carbocycles. The largest absolute Gasteiger partial charge is 0.311 e. The molecule has 0 aliphatic heterocycles. The topological polar surface area (TPSA) is 46.4 Å². The van der Waals surface area contributed by atoms with Gasteiger partial charge in [-0.15, -0.1) is 0 Å². The average Bonchev–Trinajstić information content (AvgIpc) is 2.26. The van der Waals surface area contributed by atoms with Crippen molar-refractivity contribution in [1.82, 2.24) is 14.7 Å². The van der Waals surface area contributed by atoms with Gasteiger partial charge in [0.15, 0.2) is 0 Å². The Balaban J connectivity index is 2.48. The molecule has 0 aliphatic carbocycles. The van der Waals surface area contributed by atoms with Crippen molar-refractivity contribution in [1.29, 1.82) is 0 Å². The number of nitrogens with zero attached hydrogens (tertiary/aromatic N) is 2. The summed E-state index contributed by atoms with van der Waals surface area (Å²) in [4.78, 5) is 16.0. The van der Waals surface area contributed by atoms with Crippen molar-refractivity contribution in [2.75, 3.05) is 6.54 Å². The van der Waals surface area contributed by atoms with Crippen molar-refractivity contribution in [2.45, 2.75) is 13.5 Å². The number of nitrogens with one attached hydrogen (secondary N) is 1. The number of pyridine rings is 1. The van der Waals surface area contributed by atoms with E-state index in [1.807, 2.05) is 25.1 Å². The van der Waals surface area contributed by atoms with E-state index in [1.54, 1.807) is 12.3 Å². The third-order valence-corrected chi connectivity index (χ3v) is 2.18. The van der Waals surface area contributed by atoms with Gasteiger partial charge in [0.05, 0.1) is 5.69 Å². The second-order valence-electron chi connectivity index (χ2n) is 3.29. The van der Waals surface area contributed by atoms with E-state index in [-0.39, 0.29) is 5.56 Å². The molecule has 0 aromatic carbocycles. The molecule has 4 heteroatoms. The van der Waals surface area contributed by atoms with E-state index >= 15 is 0 Å². The first kappa shape index (κ1) is 9.86. The van der Waals surface area contributed by atoms with E-state index < -0.39 is 0 Å². The van der Waals surface area contributed by atoms with Crippen LogP contribution in [0.4, 0.5) is 0 Å². The highest BCUT2D eigenvalue weighted by molar-refractivity contribution is 5.37. The first-order valence-corrected chi connectivity index (χ1v) is 4.99. The Hall–Kier alpha value is -1.68. The molecule has 2 rings (SSSR count). The van der Waals surface area contributed by atoms with E-state index in [1.165, 1.54) is 4.40 Å². The highest BCUT2D eigenvalue weighted by atomic mass is 16.1. The third kappa shape index (κ3) is 2.05. The zero-order chi connectivity index (χ0) is 10.7. The fourth-order valence-corrected chi connectivity index (χ4v) is 1.45. The summed E-state index contributed by atoms with van der Waals surface area (Å²) in [5.74, 6) is 0. The molecule has 4 nitrogen and oxygen atoms in total. The Kier molecular flexibility index (Phi) is 2.78. The molecule has 0 aliphatic rings. The Morgan fingerprint density at radius 3 is 3.13 bits per heavy atom. The minimum atomic E-state index is -0.0338. The van der Waals surface area contributed by atoms with Crippen LogP contribution in [0.2, 0.25) is 0 Å². The van der Waals surface area contributed by atoms with Crippen LogP contribution in [0.5, 0.6) is 0 Å². The Bertz CT molecular complexity index is 518. The summed E-state index contributed by atoms with van der Waals surface area (Å²) >= 11 is 0. The maximum Gasteiger partial charge on any atom is 0.258 e. The van der Waals surface area contributed by atoms with Crippen LogP contribution in [0.3, 0.4) is 0 Å². The predicted octanol–water partition coefficient (Wildman–Crippen LogP) is 0.804. The van der Waals surface area contributed by atoms with E-state index in [2.05, 4.69) is 10.3 Å². The van der Waals surface area contributed by atoms with Crippen LogP contribution in [0.15, 0.2) is 35.3 Å². The van der Waals surface area contributed by atoms with Crippen LogP contribution < -0.4 is 10.9 Å². The number of hydrogen-bond donors (Lipinski definition) is 1. The lowest BCUT2D eigenvalue weighted by molar-refractivity contribution is 0.708. The van der Waals surface area contributed by atoms with Crippen molar-refractivity contribution < 1.29 is 0 Å². The Labute approximate surface area is 87.6 Å². The summed E-state index contributed by atoms with van der Waals surface area (Å²) in [6.07, 6.45) is 1.72. The van der Waals surface area contributed by atoms with Crippen LogP contribution in [0, 0.1) is 0 Å². The molecule has 78 valence electrons. The van der Waals surface area contributed by atoms with Crippen LogP contribution in [-0.4, -0.2) is 15.9 Å². The summed E-state index contributed by atoms with van der Waals surface area (Å²) in [5, 5.41) is 3.15. The van der Waals surface area contributed by atoms with Gasteiger partial charge < -0.3 is 5.32 Å². The second-order valence-corrected chi connectivity index (χ2v) is 3.29. The molecule has 0 spiro atoms. The van der Waals surface area contributed by atoms with Crippen LogP contribution in [-0.2, 0) is 6.54 Å². The van der Waals surface area contributed by atoms with E-state index in [4.69, 9.17) is 0 Å². The maximum atomic E-state index is 11.7. The molecule has 0 fully saturated rings. The fourth-order valence-electron chi connectivity index (χ4n) is 1.45. The molecule has 2 heterocycles. The van der Waals surface area contributed by atoms with Crippen molar-refractivity contribution in [3.8, 4) is 0 Å². The molecule has 2 aromatic heterocycles. The molecule has 0 unspecified atom stereocenters. The monoisotopic (exact) mass is 203 g/mol. The molecule has 0 atom stereocenters. The van der Waals surface area contributed by atoms with Gasteiger partial charge in [0.1, 0.15) is 5.65 Å². The molecule has 0 saturated heterocycles. The van der Waals surface area contributed by atoms with Gasteiger partial charge in [0.25, 0.3) is 5.56 Å². The summed E-state index contributed by atoms with van der Waals surface area (Å²) in [6, 6.07) is 7.09. The highest BCUT2D eigenvalue weighted by Gasteiger charge is 2.00. The van der Waals surface area contributed by atoms with Gasteiger partial charge in [-0.2, -0.15) is 0 Å². The first-order valence-electron chi connectivity index (χ1n) is 4.99. The van der Waals surface area contributed by atoms with Crippen LogP contribution in [0.25, 0.3) is 5.65 Å². The maximum absolute atomic E-state index is 11.7. The minimum absolute atomic E-state index is 0.0338. The lowest BCUT2D eigenvalue weighted by Crippen LogP contribution is -2.19. The zero-order valence-electron chi connectivity index (χ0n) is 8.60. The summed E-state index contributed by atoms with van der Waals surface area (Å²) < 4.78 is 1.54. The average molecular weight is 203 g/mol. The standard InChI is InChI=1S/C11H13N3O/c1-2-12-8-9-7-11(15)14-6-4-3-5-10(14)13-9/h3-7,12H,2,8H2,1H3. The van der Waals surface area contributed by atoms with Gasteiger partial charge in [-0.1, -0.05) is 13.0 Å². The molecule has 0 amide bonds. The van der Waals surface area contributed by atoms with Crippen LogP contribution >= 0.6 is 0 Å². The van der Waals surface area contributed by atoms with Gasteiger partial charge >= 0.3 is 0 Å².